The second-order valence-electron chi connectivity index (χ2n) is 6.66. The first-order valence-corrected chi connectivity index (χ1v) is 10.8. The summed E-state index contributed by atoms with van der Waals surface area (Å²) in [4.78, 5) is 17.5. The predicted octanol–water partition coefficient (Wildman–Crippen LogP) is 4.26. The van der Waals surface area contributed by atoms with E-state index in [0.29, 0.717) is 19.5 Å². The number of hydrogen-bond donors (Lipinski definition) is 1. The highest BCUT2D eigenvalue weighted by Gasteiger charge is 2.31. The van der Waals surface area contributed by atoms with Crippen LogP contribution in [0.2, 0.25) is 0 Å². The Kier molecular flexibility index (Phi) is 5.66. The SMILES string of the molecule is O=C(CN1CCc2sccc2[C@@H]1c1cccs1)NCCc1ccc(F)cc1. The summed E-state index contributed by atoms with van der Waals surface area (Å²) < 4.78 is 13.0. The molecule has 4 rings (SSSR count). The second kappa shape index (κ2) is 8.33. The van der Waals surface area contributed by atoms with Gasteiger partial charge in [-0.2, -0.15) is 0 Å². The fourth-order valence-corrected chi connectivity index (χ4v) is 5.34. The molecule has 1 amide bonds. The molecule has 6 heteroatoms. The normalized spacial score (nSPS) is 16.9. The highest BCUT2D eigenvalue weighted by Crippen LogP contribution is 2.39. The van der Waals surface area contributed by atoms with Gasteiger partial charge in [-0.15, -0.1) is 22.7 Å². The summed E-state index contributed by atoms with van der Waals surface area (Å²) >= 11 is 3.55. The Bertz CT molecular complexity index is 889. The van der Waals surface area contributed by atoms with Crippen LogP contribution in [-0.2, 0) is 17.6 Å². The van der Waals surface area contributed by atoms with Gasteiger partial charge in [-0.05, 0) is 59.0 Å². The van der Waals surface area contributed by atoms with Crippen molar-refractivity contribution in [1.82, 2.24) is 10.2 Å². The maximum atomic E-state index is 13.0. The number of carbonyl (C=O) groups excluding carboxylic acids is 1. The number of carbonyl (C=O) groups is 1. The molecule has 0 aliphatic carbocycles. The molecule has 3 nitrogen and oxygen atoms in total. The van der Waals surface area contributed by atoms with E-state index in [2.05, 4.69) is 39.2 Å². The fraction of sp³-hybridized carbons (Fsp3) is 0.286. The van der Waals surface area contributed by atoms with E-state index in [-0.39, 0.29) is 17.8 Å². The van der Waals surface area contributed by atoms with Gasteiger partial charge in [0.2, 0.25) is 5.91 Å². The molecule has 2 aromatic heterocycles. The number of benzene rings is 1. The third kappa shape index (κ3) is 4.29. The smallest absolute Gasteiger partial charge is 0.234 e. The van der Waals surface area contributed by atoms with E-state index >= 15 is 0 Å². The number of thiophene rings is 2. The third-order valence-electron chi connectivity index (χ3n) is 4.87. The van der Waals surface area contributed by atoms with Crippen LogP contribution in [0.1, 0.15) is 26.9 Å². The molecule has 0 fully saturated rings. The summed E-state index contributed by atoms with van der Waals surface area (Å²) in [7, 11) is 0. The quantitative estimate of drug-likeness (QED) is 0.671. The minimum absolute atomic E-state index is 0.0392. The molecule has 0 spiro atoms. The molecular formula is C21H21FN2OS2. The third-order valence-corrected chi connectivity index (χ3v) is 6.80. The fourth-order valence-electron chi connectivity index (χ4n) is 3.56. The highest BCUT2D eigenvalue weighted by molar-refractivity contribution is 7.10. The summed E-state index contributed by atoms with van der Waals surface area (Å²) in [5.41, 5.74) is 2.36. The maximum Gasteiger partial charge on any atom is 0.234 e. The topological polar surface area (TPSA) is 32.3 Å². The zero-order valence-corrected chi connectivity index (χ0v) is 16.5. The van der Waals surface area contributed by atoms with Gasteiger partial charge in [0.15, 0.2) is 0 Å². The molecule has 0 radical (unpaired) electrons. The molecule has 0 bridgehead atoms. The molecule has 0 saturated carbocycles. The Hall–Kier alpha value is -2.02. The lowest BCUT2D eigenvalue weighted by Gasteiger charge is -2.34. The number of amides is 1. The summed E-state index contributed by atoms with van der Waals surface area (Å²) in [5, 5.41) is 7.25. The summed E-state index contributed by atoms with van der Waals surface area (Å²) in [6, 6.07) is 13.0. The molecule has 3 heterocycles. The van der Waals surface area contributed by atoms with Crippen molar-refractivity contribution in [3.05, 3.63) is 79.9 Å². The number of nitrogens with one attached hydrogen (secondary N) is 1. The lowest BCUT2D eigenvalue weighted by molar-refractivity contribution is -0.122. The average molecular weight is 401 g/mol. The van der Waals surface area contributed by atoms with E-state index in [9.17, 15) is 9.18 Å². The van der Waals surface area contributed by atoms with Crippen molar-refractivity contribution in [3.63, 3.8) is 0 Å². The van der Waals surface area contributed by atoms with Gasteiger partial charge in [0.1, 0.15) is 5.82 Å². The van der Waals surface area contributed by atoms with Crippen LogP contribution in [0.3, 0.4) is 0 Å². The van der Waals surface area contributed by atoms with E-state index in [1.165, 1.54) is 27.5 Å². The second-order valence-corrected chi connectivity index (χ2v) is 8.64. The molecule has 0 unspecified atom stereocenters. The van der Waals surface area contributed by atoms with Gasteiger partial charge in [0.05, 0.1) is 12.6 Å². The van der Waals surface area contributed by atoms with Gasteiger partial charge < -0.3 is 5.32 Å². The summed E-state index contributed by atoms with van der Waals surface area (Å²) in [6.45, 7) is 1.84. The van der Waals surface area contributed by atoms with Crippen molar-refractivity contribution in [1.29, 1.82) is 0 Å². The van der Waals surface area contributed by atoms with Gasteiger partial charge >= 0.3 is 0 Å². The number of fused-ring (bicyclic) bond motifs is 1. The Morgan fingerprint density at radius 3 is 2.78 bits per heavy atom. The van der Waals surface area contributed by atoms with Crippen LogP contribution in [0.5, 0.6) is 0 Å². The van der Waals surface area contributed by atoms with Crippen LogP contribution >= 0.6 is 22.7 Å². The van der Waals surface area contributed by atoms with Crippen LogP contribution < -0.4 is 5.32 Å². The Labute approximate surface area is 166 Å². The van der Waals surface area contributed by atoms with E-state index < -0.39 is 0 Å². The van der Waals surface area contributed by atoms with Crippen LogP contribution in [0.4, 0.5) is 4.39 Å². The lowest BCUT2D eigenvalue weighted by Crippen LogP contribution is -2.42. The van der Waals surface area contributed by atoms with Gasteiger partial charge in [0, 0.05) is 22.8 Å². The lowest BCUT2D eigenvalue weighted by atomic mass is 9.98. The van der Waals surface area contributed by atoms with E-state index in [4.69, 9.17) is 0 Å². The van der Waals surface area contributed by atoms with E-state index in [0.717, 1.165) is 18.5 Å². The first-order chi connectivity index (χ1) is 13.2. The van der Waals surface area contributed by atoms with Crippen LogP contribution in [0.25, 0.3) is 0 Å². The van der Waals surface area contributed by atoms with Crippen LogP contribution in [0.15, 0.2) is 53.2 Å². The largest absolute Gasteiger partial charge is 0.355 e. The molecule has 1 N–H and O–H groups in total. The van der Waals surface area contributed by atoms with Gasteiger partial charge in [0.25, 0.3) is 0 Å². The molecule has 27 heavy (non-hydrogen) atoms. The monoisotopic (exact) mass is 400 g/mol. The molecule has 1 aromatic carbocycles. The van der Waals surface area contributed by atoms with Crippen molar-refractivity contribution in [2.45, 2.75) is 18.9 Å². The molecule has 3 aromatic rings. The zero-order valence-electron chi connectivity index (χ0n) is 14.9. The maximum absolute atomic E-state index is 13.0. The minimum Gasteiger partial charge on any atom is -0.355 e. The van der Waals surface area contributed by atoms with Crippen molar-refractivity contribution in [3.8, 4) is 0 Å². The predicted molar refractivity (Wildman–Crippen MR) is 109 cm³/mol. The van der Waals surface area contributed by atoms with Gasteiger partial charge in [-0.3, -0.25) is 9.69 Å². The van der Waals surface area contributed by atoms with Gasteiger partial charge in [-0.1, -0.05) is 18.2 Å². The minimum atomic E-state index is -0.236. The molecule has 1 atom stereocenters. The molecule has 0 saturated heterocycles. The van der Waals surface area contributed by atoms with E-state index in [1.807, 2.05) is 11.3 Å². The summed E-state index contributed by atoms with van der Waals surface area (Å²) in [5.74, 6) is -0.197. The average Bonchev–Trinajstić information content (AvgIpc) is 3.35. The number of rotatable bonds is 6. The molecule has 1 aliphatic rings. The number of hydrogen-bond acceptors (Lipinski definition) is 4. The molecule has 140 valence electrons. The molecular weight excluding hydrogens is 379 g/mol. The molecule has 1 aliphatic heterocycles. The first kappa shape index (κ1) is 18.3. The zero-order chi connectivity index (χ0) is 18.6. The van der Waals surface area contributed by atoms with Crippen LogP contribution in [-0.4, -0.2) is 30.4 Å². The van der Waals surface area contributed by atoms with Crippen LogP contribution in [0, 0.1) is 5.82 Å². The van der Waals surface area contributed by atoms with Gasteiger partial charge in [-0.25, -0.2) is 4.39 Å². The van der Waals surface area contributed by atoms with Crippen molar-refractivity contribution in [2.75, 3.05) is 19.6 Å². The van der Waals surface area contributed by atoms with Crippen molar-refractivity contribution in [2.24, 2.45) is 0 Å². The number of nitrogens with zero attached hydrogens (tertiary/aromatic N) is 1. The van der Waals surface area contributed by atoms with Crippen molar-refractivity contribution < 1.29 is 9.18 Å². The Morgan fingerprint density at radius 1 is 1.15 bits per heavy atom. The highest BCUT2D eigenvalue weighted by atomic mass is 32.1. The standard InChI is InChI=1S/C21H21FN2OS2/c22-16-5-3-15(4-6-16)7-10-23-20(25)14-24-11-8-18-17(9-13-27-18)21(24)19-2-1-12-26-19/h1-6,9,12-13,21H,7-8,10-11,14H2,(H,23,25)/t21-/m1/s1. The van der Waals surface area contributed by atoms with Crippen molar-refractivity contribution >= 4 is 28.6 Å². The van der Waals surface area contributed by atoms with E-state index in [1.54, 1.807) is 23.5 Å². The number of halogens is 1. The summed E-state index contributed by atoms with van der Waals surface area (Å²) in [6.07, 6.45) is 1.70. The first-order valence-electron chi connectivity index (χ1n) is 9.05. The Balaban J connectivity index is 1.37. The Morgan fingerprint density at radius 2 is 2.00 bits per heavy atom.